The summed E-state index contributed by atoms with van der Waals surface area (Å²) in [5.74, 6) is 2.50. The van der Waals surface area contributed by atoms with Gasteiger partial charge in [0.1, 0.15) is 13.2 Å². The molecule has 1 unspecified atom stereocenters. The number of fused-ring (bicyclic) bond motifs is 1. The van der Waals surface area contributed by atoms with E-state index in [1.54, 1.807) is 0 Å². The van der Waals surface area contributed by atoms with Gasteiger partial charge in [-0.2, -0.15) is 0 Å². The van der Waals surface area contributed by atoms with E-state index in [1.807, 2.05) is 18.5 Å². The summed E-state index contributed by atoms with van der Waals surface area (Å²) in [6, 6.07) is 6.32. The predicted molar refractivity (Wildman–Crippen MR) is 96.2 cm³/mol. The van der Waals surface area contributed by atoms with Gasteiger partial charge in [0.2, 0.25) is 5.95 Å². The Hall–Kier alpha value is -2.34. The molecule has 25 heavy (non-hydrogen) atoms. The molecule has 132 valence electrons. The summed E-state index contributed by atoms with van der Waals surface area (Å²) in [7, 11) is 0. The molecule has 6 nitrogen and oxygen atoms in total. The minimum absolute atomic E-state index is 0.203. The maximum atomic E-state index is 5.66. The topological polar surface area (TPSA) is 59.5 Å². The monoisotopic (exact) mass is 340 g/mol. The van der Waals surface area contributed by atoms with Crippen LogP contribution < -0.4 is 19.7 Å². The van der Waals surface area contributed by atoms with Crippen LogP contribution in [-0.2, 0) is 6.54 Å². The summed E-state index contributed by atoms with van der Waals surface area (Å²) >= 11 is 0. The van der Waals surface area contributed by atoms with Crippen LogP contribution in [0.5, 0.6) is 11.5 Å². The highest BCUT2D eigenvalue weighted by Crippen LogP contribution is 2.32. The van der Waals surface area contributed by atoms with E-state index in [9.17, 15) is 0 Å². The van der Waals surface area contributed by atoms with Gasteiger partial charge in [0, 0.05) is 43.6 Å². The summed E-state index contributed by atoms with van der Waals surface area (Å²) in [4.78, 5) is 11.3. The molecule has 0 aliphatic carbocycles. The van der Waals surface area contributed by atoms with Gasteiger partial charge in [-0.05, 0) is 37.5 Å². The molecule has 1 aromatic heterocycles. The zero-order valence-electron chi connectivity index (χ0n) is 14.6. The molecule has 2 aromatic rings. The first kappa shape index (κ1) is 16.1. The average Bonchev–Trinajstić information content (AvgIpc) is 3.21. The summed E-state index contributed by atoms with van der Waals surface area (Å²) in [5, 5.41) is 3.52. The fraction of sp³-hybridized carbons (Fsp3) is 0.474. The van der Waals surface area contributed by atoms with Crippen LogP contribution in [0.15, 0.2) is 30.6 Å². The lowest BCUT2D eigenvalue weighted by Gasteiger charge is -2.21. The molecule has 1 saturated heterocycles. The van der Waals surface area contributed by atoms with Crippen molar-refractivity contribution in [2.75, 3.05) is 31.2 Å². The zero-order valence-corrected chi connectivity index (χ0v) is 14.6. The van der Waals surface area contributed by atoms with E-state index in [1.165, 1.54) is 18.4 Å². The Morgan fingerprint density at radius 3 is 2.56 bits per heavy atom. The van der Waals surface area contributed by atoms with E-state index in [0.717, 1.165) is 42.6 Å². The van der Waals surface area contributed by atoms with E-state index in [2.05, 4.69) is 39.2 Å². The maximum absolute atomic E-state index is 5.66. The first-order valence-corrected chi connectivity index (χ1v) is 8.98. The standard InChI is InChI=1S/C19H24N4O2/c1-14(16-4-5-17-18(10-16)25-9-8-24-17)20-11-15-12-21-19(22-13-15)23-6-2-3-7-23/h4-5,10,12-14,20H,2-3,6-9,11H2,1H3. The third kappa shape index (κ3) is 3.69. The molecule has 1 atom stereocenters. The number of nitrogens with zero attached hydrogens (tertiary/aromatic N) is 3. The molecule has 0 radical (unpaired) electrons. The third-order valence-electron chi connectivity index (χ3n) is 4.76. The van der Waals surface area contributed by atoms with Crippen LogP contribution in [0.3, 0.4) is 0 Å². The second kappa shape index (κ2) is 7.27. The molecule has 1 aromatic carbocycles. The van der Waals surface area contributed by atoms with Crippen molar-refractivity contribution in [1.29, 1.82) is 0 Å². The van der Waals surface area contributed by atoms with Crippen molar-refractivity contribution >= 4 is 5.95 Å². The van der Waals surface area contributed by atoms with Crippen molar-refractivity contribution in [3.8, 4) is 11.5 Å². The van der Waals surface area contributed by atoms with Crippen molar-refractivity contribution in [1.82, 2.24) is 15.3 Å². The normalized spacial score (nSPS) is 17.6. The fourth-order valence-electron chi connectivity index (χ4n) is 3.24. The first-order valence-electron chi connectivity index (χ1n) is 8.98. The van der Waals surface area contributed by atoms with Gasteiger partial charge in [-0.3, -0.25) is 0 Å². The maximum Gasteiger partial charge on any atom is 0.225 e. The number of aromatic nitrogens is 2. The van der Waals surface area contributed by atoms with E-state index in [4.69, 9.17) is 9.47 Å². The number of rotatable bonds is 5. The third-order valence-corrected chi connectivity index (χ3v) is 4.76. The molecule has 0 amide bonds. The molecule has 1 N–H and O–H groups in total. The van der Waals surface area contributed by atoms with Gasteiger partial charge >= 0.3 is 0 Å². The molecule has 4 rings (SSSR count). The van der Waals surface area contributed by atoms with Crippen molar-refractivity contribution in [3.05, 3.63) is 41.7 Å². The Morgan fingerprint density at radius 2 is 1.80 bits per heavy atom. The molecule has 2 aliphatic rings. The lowest BCUT2D eigenvalue weighted by molar-refractivity contribution is 0.171. The lowest BCUT2D eigenvalue weighted by Crippen LogP contribution is -2.22. The highest BCUT2D eigenvalue weighted by molar-refractivity contribution is 5.44. The van der Waals surface area contributed by atoms with Crippen LogP contribution in [0, 0.1) is 0 Å². The smallest absolute Gasteiger partial charge is 0.225 e. The highest BCUT2D eigenvalue weighted by Gasteiger charge is 2.16. The summed E-state index contributed by atoms with van der Waals surface area (Å²) in [5.41, 5.74) is 2.27. The quantitative estimate of drug-likeness (QED) is 0.903. The summed E-state index contributed by atoms with van der Waals surface area (Å²) in [6.07, 6.45) is 6.31. The van der Waals surface area contributed by atoms with Gasteiger partial charge in [-0.15, -0.1) is 0 Å². The Labute approximate surface area is 148 Å². The van der Waals surface area contributed by atoms with Gasteiger partial charge in [0.15, 0.2) is 11.5 Å². The van der Waals surface area contributed by atoms with Crippen molar-refractivity contribution < 1.29 is 9.47 Å². The van der Waals surface area contributed by atoms with E-state index < -0.39 is 0 Å². The van der Waals surface area contributed by atoms with Crippen LogP contribution in [0.4, 0.5) is 5.95 Å². The Bertz CT molecular complexity index is 714. The zero-order chi connectivity index (χ0) is 17.1. The molecule has 0 saturated carbocycles. The van der Waals surface area contributed by atoms with Crippen molar-refractivity contribution in [2.45, 2.75) is 32.4 Å². The summed E-state index contributed by atoms with van der Waals surface area (Å²) < 4.78 is 11.2. The van der Waals surface area contributed by atoms with Gasteiger partial charge in [-0.25, -0.2) is 9.97 Å². The SMILES string of the molecule is CC(NCc1cnc(N2CCCC2)nc1)c1ccc2c(c1)OCCO2. The molecule has 2 aliphatic heterocycles. The second-order valence-electron chi connectivity index (χ2n) is 6.59. The van der Waals surface area contributed by atoms with Crippen LogP contribution in [0.2, 0.25) is 0 Å². The Kier molecular flexibility index (Phi) is 4.70. The van der Waals surface area contributed by atoms with Gasteiger partial charge < -0.3 is 19.7 Å². The number of hydrogen-bond acceptors (Lipinski definition) is 6. The van der Waals surface area contributed by atoms with Crippen LogP contribution in [0.25, 0.3) is 0 Å². The van der Waals surface area contributed by atoms with Crippen LogP contribution in [0.1, 0.15) is 36.9 Å². The van der Waals surface area contributed by atoms with Crippen LogP contribution in [-0.4, -0.2) is 36.3 Å². The fourth-order valence-corrected chi connectivity index (χ4v) is 3.24. The molecular weight excluding hydrogens is 316 g/mol. The van der Waals surface area contributed by atoms with E-state index in [0.29, 0.717) is 13.2 Å². The Balaban J connectivity index is 1.36. The van der Waals surface area contributed by atoms with Gasteiger partial charge in [0.05, 0.1) is 0 Å². The number of anilines is 1. The predicted octanol–water partition coefficient (Wildman–Crippen LogP) is 2.70. The molecule has 0 bridgehead atoms. The van der Waals surface area contributed by atoms with E-state index in [-0.39, 0.29) is 6.04 Å². The molecule has 1 fully saturated rings. The van der Waals surface area contributed by atoms with Crippen molar-refractivity contribution in [2.24, 2.45) is 0 Å². The minimum atomic E-state index is 0.203. The minimum Gasteiger partial charge on any atom is -0.486 e. The molecule has 3 heterocycles. The van der Waals surface area contributed by atoms with Gasteiger partial charge in [-0.1, -0.05) is 6.07 Å². The summed E-state index contributed by atoms with van der Waals surface area (Å²) in [6.45, 7) is 6.24. The molecular formula is C19H24N4O2. The van der Waals surface area contributed by atoms with Crippen LogP contribution >= 0.6 is 0 Å². The average molecular weight is 340 g/mol. The van der Waals surface area contributed by atoms with E-state index >= 15 is 0 Å². The number of nitrogens with one attached hydrogen (secondary N) is 1. The number of benzene rings is 1. The molecule has 6 heteroatoms. The lowest BCUT2D eigenvalue weighted by atomic mass is 10.1. The highest BCUT2D eigenvalue weighted by atomic mass is 16.6. The molecule has 0 spiro atoms. The largest absolute Gasteiger partial charge is 0.486 e. The van der Waals surface area contributed by atoms with Crippen molar-refractivity contribution in [3.63, 3.8) is 0 Å². The second-order valence-corrected chi connectivity index (χ2v) is 6.59. The van der Waals surface area contributed by atoms with Gasteiger partial charge in [0.25, 0.3) is 0 Å². The first-order chi connectivity index (χ1) is 12.3. The number of hydrogen-bond donors (Lipinski definition) is 1. The number of ether oxygens (including phenoxy) is 2. The Morgan fingerprint density at radius 1 is 1.08 bits per heavy atom.